The largest absolute Gasteiger partial charge is 0.348 e. The zero-order chi connectivity index (χ0) is 21.0. The lowest BCUT2D eigenvalue weighted by Crippen LogP contribution is -2.44. The summed E-state index contributed by atoms with van der Waals surface area (Å²) in [6, 6.07) is 8.99. The predicted molar refractivity (Wildman–Crippen MR) is 111 cm³/mol. The van der Waals surface area contributed by atoms with Crippen LogP contribution in [0.25, 0.3) is 0 Å². The zero-order valence-electron chi connectivity index (χ0n) is 17.0. The molecule has 154 valence electrons. The molecule has 1 unspecified atom stereocenters. The first kappa shape index (κ1) is 21.0. The predicted octanol–water partition coefficient (Wildman–Crippen LogP) is 2.91. The Labute approximate surface area is 174 Å². The van der Waals surface area contributed by atoms with Crippen LogP contribution >= 0.6 is 11.3 Å². The second-order valence-corrected chi connectivity index (χ2v) is 8.34. The van der Waals surface area contributed by atoms with E-state index in [1.165, 1.54) is 21.1 Å². The Hall–Kier alpha value is -2.74. The van der Waals surface area contributed by atoms with Crippen molar-refractivity contribution in [3.8, 4) is 0 Å². The Kier molecular flexibility index (Phi) is 6.32. The van der Waals surface area contributed by atoms with Gasteiger partial charge in [-0.15, -0.1) is 11.3 Å². The number of hydrogen-bond donors (Lipinski definition) is 1. The van der Waals surface area contributed by atoms with Crippen molar-refractivity contribution in [3.63, 3.8) is 0 Å². The van der Waals surface area contributed by atoms with Crippen molar-refractivity contribution in [2.24, 2.45) is 0 Å². The molecule has 1 N–H and O–H groups in total. The van der Waals surface area contributed by atoms with Gasteiger partial charge in [0.1, 0.15) is 10.5 Å². The van der Waals surface area contributed by atoms with E-state index in [4.69, 9.17) is 0 Å². The standard InChI is InChI=1S/C21H26N4O3S/c1-4-5-11-21(15-9-7-6-8-10-15)19(27)25(20(28)23-21)13-16-14-29-17(22-16)12-18(26)24(2)3/h6-10,14H,4-5,11-13H2,1-3H3,(H,23,28). The van der Waals surface area contributed by atoms with E-state index in [1.54, 1.807) is 19.5 Å². The molecule has 1 fully saturated rings. The number of aromatic nitrogens is 1. The van der Waals surface area contributed by atoms with Gasteiger partial charge in [0.05, 0.1) is 18.7 Å². The maximum absolute atomic E-state index is 13.4. The molecule has 1 saturated heterocycles. The summed E-state index contributed by atoms with van der Waals surface area (Å²) in [4.78, 5) is 45.2. The number of thiazole rings is 1. The first-order valence-electron chi connectivity index (χ1n) is 9.70. The Morgan fingerprint density at radius 3 is 2.62 bits per heavy atom. The number of likely N-dealkylation sites (N-methyl/N-ethyl adjacent to an activating group) is 1. The van der Waals surface area contributed by atoms with Crippen molar-refractivity contribution in [2.75, 3.05) is 14.1 Å². The Balaban J connectivity index is 1.81. The molecule has 1 aromatic carbocycles. The molecule has 0 aliphatic carbocycles. The number of carbonyl (C=O) groups excluding carboxylic acids is 3. The van der Waals surface area contributed by atoms with Gasteiger partial charge < -0.3 is 10.2 Å². The van der Waals surface area contributed by atoms with Gasteiger partial charge in [-0.1, -0.05) is 50.1 Å². The SMILES string of the molecule is CCCCC1(c2ccccc2)NC(=O)N(Cc2csc(CC(=O)N(C)C)n2)C1=O. The molecule has 7 nitrogen and oxygen atoms in total. The van der Waals surface area contributed by atoms with Crippen molar-refractivity contribution in [1.82, 2.24) is 20.1 Å². The highest BCUT2D eigenvalue weighted by Crippen LogP contribution is 2.34. The van der Waals surface area contributed by atoms with Gasteiger partial charge in [-0.2, -0.15) is 0 Å². The molecule has 0 saturated carbocycles. The monoisotopic (exact) mass is 414 g/mol. The van der Waals surface area contributed by atoms with Gasteiger partial charge >= 0.3 is 6.03 Å². The molecule has 4 amide bonds. The summed E-state index contributed by atoms with van der Waals surface area (Å²) in [7, 11) is 3.40. The van der Waals surface area contributed by atoms with E-state index in [0.29, 0.717) is 17.1 Å². The quantitative estimate of drug-likeness (QED) is 0.674. The highest BCUT2D eigenvalue weighted by atomic mass is 32.1. The topological polar surface area (TPSA) is 82.6 Å². The maximum Gasteiger partial charge on any atom is 0.325 e. The third kappa shape index (κ3) is 4.32. The van der Waals surface area contributed by atoms with Crippen molar-refractivity contribution in [2.45, 2.75) is 44.7 Å². The average Bonchev–Trinajstić information content (AvgIpc) is 3.25. The van der Waals surface area contributed by atoms with Crippen LogP contribution in [-0.4, -0.2) is 46.7 Å². The van der Waals surface area contributed by atoms with Crippen LogP contribution in [0.5, 0.6) is 0 Å². The lowest BCUT2D eigenvalue weighted by Gasteiger charge is -2.27. The fraction of sp³-hybridized carbons (Fsp3) is 0.429. The molecule has 0 spiro atoms. The smallest absolute Gasteiger partial charge is 0.325 e. The second-order valence-electron chi connectivity index (χ2n) is 7.39. The molecule has 1 aliphatic rings. The van der Waals surface area contributed by atoms with Gasteiger partial charge in [0.2, 0.25) is 5.91 Å². The molecule has 1 aromatic heterocycles. The molecule has 2 aromatic rings. The van der Waals surface area contributed by atoms with Gasteiger partial charge in [0, 0.05) is 19.5 Å². The van der Waals surface area contributed by atoms with E-state index in [0.717, 1.165) is 18.4 Å². The lowest BCUT2D eigenvalue weighted by molar-refractivity contribution is -0.132. The molecular weight excluding hydrogens is 388 g/mol. The molecular formula is C21H26N4O3S. The number of carbonyl (C=O) groups is 3. The molecule has 3 rings (SSSR count). The third-order valence-corrected chi connectivity index (χ3v) is 5.97. The number of unbranched alkanes of at least 4 members (excludes halogenated alkanes) is 1. The van der Waals surface area contributed by atoms with Gasteiger partial charge in [0.15, 0.2) is 0 Å². The van der Waals surface area contributed by atoms with E-state index in [2.05, 4.69) is 17.2 Å². The van der Waals surface area contributed by atoms with Crippen LogP contribution in [-0.2, 0) is 28.1 Å². The van der Waals surface area contributed by atoms with E-state index in [1.807, 2.05) is 30.3 Å². The summed E-state index contributed by atoms with van der Waals surface area (Å²) in [5.74, 6) is -0.287. The van der Waals surface area contributed by atoms with Crippen LogP contribution in [0.2, 0.25) is 0 Å². The van der Waals surface area contributed by atoms with E-state index < -0.39 is 11.6 Å². The molecule has 29 heavy (non-hydrogen) atoms. The van der Waals surface area contributed by atoms with Crippen LogP contribution < -0.4 is 5.32 Å². The molecule has 8 heteroatoms. The van der Waals surface area contributed by atoms with Crippen LogP contribution in [0.3, 0.4) is 0 Å². The van der Waals surface area contributed by atoms with E-state index >= 15 is 0 Å². The third-order valence-electron chi connectivity index (χ3n) is 5.07. The minimum absolute atomic E-state index is 0.0384. The zero-order valence-corrected chi connectivity index (χ0v) is 17.8. The molecule has 0 radical (unpaired) electrons. The highest BCUT2D eigenvalue weighted by Gasteiger charge is 2.51. The van der Waals surface area contributed by atoms with Crippen LogP contribution in [0.15, 0.2) is 35.7 Å². The van der Waals surface area contributed by atoms with Crippen LogP contribution in [0.1, 0.15) is 42.5 Å². The Morgan fingerprint density at radius 1 is 1.24 bits per heavy atom. The normalized spacial score (nSPS) is 18.8. The van der Waals surface area contributed by atoms with Gasteiger partial charge in [-0.05, 0) is 12.0 Å². The first-order chi connectivity index (χ1) is 13.9. The maximum atomic E-state index is 13.4. The molecule has 1 aliphatic heterocycles. The summed E-state index contributed by atoms with van der Waals surface area (Å²) >= 11 is 1.36. The summed E-state index contributed by atoms with van der Waals surface area (Å²) < 4.78 is 0. The highest BCUT2D eigenvalue weighted by molar-refractivity contribution is 7.09. The van der Waals surface area contributed by atoms with Crippen LogP contribution in [0.4, 0.5) is 4.79 Å². The number of rotatable bonds is 8. The molecule has 0 bridgehead atoms. The summed E-state index contributed by atoms with van der Waals surface area (Å²) in [6.07, 6.45) is 2.51. The van der Waals surface area contributed by atoms with E-state index in [-0.39, 0.29) is 24.8 Å². The molecule has 1 atom stereocenters. The minimum Gasteiger partial charge on any atom is -0.348 e. The number of hydrogen-bond acceptors (Lipinski definition) is 5. The van der Waals surface area contributed by atoms with Gasteiger partial charge in [0.25, 0.3) is 5.91 Å². The number of nitrogens with zero attached hydrogens (tertiary/aromatic N) is 3. The van der Waals surface area contributed by atoms with Crippen molar-refractivity contribution < 1.29 is 14.4 Å². The van der Waals surface area contributed by atoms with Crippen LogP contribution in [0, 0.1) is 0 Å². The Morgan fingerprint density at radius 2 is 1.97 bits per heavy atom. The fourth-order valence-electron chi connectivity index (χ4n) is 3.40. The number of nitrogens with one attached hydrogen (secondary N) is 1. The summed E-state index contributed by atoms with van der Waals surface area (Å²) in [6.45, 7) is 2.15. The number of urea groups is 1. The van der Waals surface area contributed by atoms with Crippen molar-refractivity contribution in [3.05, 3.63) is 52.0 Å². The minimum atomic E-state index is -1.03. The Bertz CT molecular complexity index is 896. The number of amides is 4. The van der Waals surface area contributed by atoms with Gasteiger partial charge in [-0.3, -0.25) is 14.5 Å². The lowest BCUT2D eigenvalue weighted by atomic mass is 9.85. The fourth-order valence-corrected chi connectivity index (χ4v) is 4.17. The average molecular weight is 415 g/mol. The molecule has 2 heterocycles. The van der Waals surface area contributed by atoms with Crippen molar-refractivity contribution >= 4 is 29.2 Å². The second kappa shape index (κ2) is 8.73. The number of benzene rings is 1. The van der Waals surface area contributed by atoms with Gasteiger partial charge in [-0.25, -0.2) is 9.78 Å². The van der Waals surface area contributed by atoms with Crippen molar-refractivity contribution in [1.29, 1.82) is 0 Å². The summed E-state index contributed by atoms with van der Waals surface area (Å²) in [5.41, 5.74) is 0.373. The van der Waals surface area contributed by atoms with E-state index in [9.17, 15) is 14.4 Å². The summed E-state index contributed by atoms with van der Waals surface area (Å²) in [5, 5.41) is 5.42. The number of imide groups is 1. The first-order valence-corrected chi connectivity index (χ1v) is 10.6.